The number of ether oxygens (including phenoxy) is 1. The molecule has 1 N–H and O–H groups in total. The molecule has 0 bridgehead atoms. The number of nitrogens with one attached hydrogen (secondary N) is 1. The van der Waals surface area contributed by atoms with Crippen LogP contribution in [0.5, 0.6) is 0 Å². The van der Waals surface area contributed by atoms with Gasteiger partial charge in [0.1, 0.15) is 5.54 Å². The van der Waals surface area contributed by atoms with E-state index in [-0.39, 0.29) is 5.97 Å². The van der Waals surface area contributed by atoms with Crippen LogP contribution in [0.4, 0.5) is 0 Å². The van der Waals surface area contributed by atoms with Crippen LogP contribution in [0.15, 0.2) is 0 Å². The molecule has 0 amide bonds. The minimum atomic E-state index is -0.568. The Hall–Kier alpha value is -0.610. The van der Waals surface area contributed by atoms with E-state index in [4.69, 9.17) is 4.74 Å². The largest absolute Gasteiger partial charge is 0.465 e. The number of carbonyl (C=O) groups is 1. The SMILES string of the molecule is CCNC(C)(CCN1C(C)CCCC1C)C(=O)OCC. The van der Waals surface area contributed by atoms with Crippen molar-refractivity contribution in [3.05, 3.63) is 0 Å². The molecule has 4 nitrogen and oxygen atoms in total. The smallest absolute Gasteiger partial charge is 0.326 e. The minimum Gasteiger partial charge on any atom is -0.465 e. The fraction of sp³-hybridized carbons (Fsp3) is 0.938. The lowest BCUT2D eigenvalue weighted by atomic mass is 9.93. The highest BCUT2D eigenvalue weighted by molar-refractivity contribution is 5.80. The van der Waals surface area contributed by atoms with E-state index in [1.54, 1.807) is 0 Å². The average Bonchev–Trinajstić information content (AvgIpc) is 2.38. The molecule has 1 rings (SSSR count). The lowest BCUT2D eigenvalue weighted by Crippen LogP contribution is -2.54. The Morgan fingerprint density at radius 3 is 2.40 bits per heavy atom. The van der Waals surface area contributed by atoms with Gasteiger partial charge in [-0.15, -0.1) is 0 Å². The number of likely N-dealkylation sites (N-methyl/N-ethyl adjacent to an activating group) is 1. The molecule has 1 fully saturated rings. The molecule has 1 saturated heterocycles. The van der Waals surface area contributed by atoms with Gasteiger partial charge in [-0.05, 0) is 53.5 Å². The van der Waals surface area contributed by atoms with E-state index in [1.807, 2.05) is 20.8 Å². The van der Waals surface area contributed by atoms with Crippen LogP contribution >= 0.6 is 0 Å². The molecule has 118 valence electrons. The maximum Gasteiger partial charge on any atom is 0.326 e. The fourth-order valence-corrected chi connectivity index (χ4v) is 3.21. The van der Waals surface area contributed by atoms with E-state index in [2.05, 4.69) is 24.1 Å². The first-order chi connectivity index (χ1) is 9.44. The second-order valence-electron chi connectivity index (χ2n) is 6.20. The third-order valence-electron chi connectivity index (χ3n) is 4.54. The number of hydrogen-bond donors (Lipinski definition) is 1. The Labute approximate surface area is 124 Å². The molecule has 1 heterocycles. The summed E-state index contributed by atoms with van der Waals surface area (Å²) in [5.41, 5.74) is -0.568. The number of hydrogen-bond acceptors (Lipinski definition) is 4. The maximum absolute atomic E-state index is 12.2. The van der Waals surface area contributed by atoms with Crippen molar-refractivity contribution in [2.45, 2.75) is 77.9 Å². The second-order valence-corrected chi connectivity index (χ2v) is 6.20. The van der Waals surface area contributed by atoms with Crippen molar-refractivity contribution in [1.29, 1.82) is 0 Å². The molecule has 3 unspecified atom stereocenters. The van der Waals surface area contributed by atoms with Gasteiger partial charge in [0.2, 0.25) is 0 Å². The van der Waals surface area contributed by atoms with Crippen LogP contribution in [-0.2, 0) is 9.53 Å². The fourth-order valence-electron chi connectivity index (χ4n) is 3.21. The van der Waals surface area contributed by atoms with Gasteiger partial charge < -0.3 is 10.1 Å². The van der Waals surface area contributed by atoms with Crippen LogP contribution in [0.2, 0.25) is 0 Å². The van der Waals surface area contributed by atoms with Gasteiger partial charge in [-0.1, -0.05) is 13.3 Å². The third-order valence-corrected chi connectivity index (χ3v) is 4.54. The second kappa shape index (κ2) is 7.99. The normalized spacial score (nSPS) is 27.1. The van der Waals surface area contributed by atoms with Gasteiger partial charge in [-0.2, -0.15) is 0 Å². The number of rotatable bonds is 7. The zero-order valence-electron chi connectivity index (χ0n) is 13.9. The van der Waals surface area contributed by atoms with Gasteiger partial charge in [0, 0.05) is 18.6 Å². The van der Waals surface area contributed by atoms with Crippen molar-refractivity contribution in [2.24, 2.45) is 0 Å². The van der Waals surface area contributed by atoms with E-state index >= 15 is 0 Å². The molecule has 1 aliphatic rings. The Morgan fingerprint density at radius 2 is 1.90 bits per heavy atom. The van der Waals surface area contributed by atoms with E-state index < -0.39 is 5.54 Å². The minimum absolute atomic E-state index is 0.126. The molecule has 4 heteroatoms. The number of likely N-dealkylation sites (tertiary alicyclic amines) is 1. The van der Waals surface area contributed by atoms with Gasteiger partial charge >= 0.3 is 5.97 Å². The Morgan fingerprint density at radius 1 is 1.30 bits per heavy atom. The van der Waals surface area contributed by atoms with E-state index in [1.165, 1.54) is 19.3 Å². The summed E-state index contributed by atoms with van der Waals surface area (Å²) in [5.74, 6) is -0.126. The first-order valence-electron chi connectivity index (χ1n) is 8.12. The van der Waals surface area contributed by atoms with E-state index in [9.17, 15) is 4.79 Å². The first-order valence-corrected chi connectivity index (χ1v) is 8.12. The number of piperidine rings is 1. The predicted octanol–water partition coefficient (Wildman–Crippen LogP) is 2.57. The molecular formula is C16H32N2O2. The molecule has 0 aromatic carbocycles. The summed E-state index contributed by atoms with van der Waals surface area (Å²) in [7, 11) is 0. The van der Waals surface area contributed by atoms with E-state index in [0.29, 0.717) is 18.7 Å². The monoisotopic (exact) mass is 284 g/mol. The molecule has 1 aliphatic heterocycles. The summed E-state index contributed by atoms with van der Waals surface area (Å²) < 4.78 is 5.23. The molecular weight excluding hydrogens is 252 g/mol. The van der Waals surface area contributed by atoms with Crippen LogP contribution in [0.25, 0.3) is 0 Å². The Bertz CT molecular complexity index is 299. The van der Waals surface area contributed by atoms with Gasteiger partial charge in [-0.25, -0.2) is 0 Å². The number of carbonyl (C=O) groups excluding carboxylic acids is 1. The molecule has 0 saturated carbocycles. The van der Waals surface area contributed by atoms with Crippen molar-refractivity contribution >= 4 is 5.97 Å². The van der Waals surface area contributed by atoms with Gasteiger partial charge in [0.05, 0.1) is 6.61 Å². The Balaban J connectivity index is 2.63. The van der Waals surface area contributed by atoms with Crippen molar-refractivity contribution in [3.8, 4) is 0 Å². The summed E-state index contributed by atoms with van der Waals surface area (Å²) in [4.78, 5) is 14.7. The first kappa shape index (κ1) is 17.4. The summed E-state index contributed by atoms with van der Waals surface area (Å²) in [5, 5.41) is 3.31. The Kier molecular flexibility index (Phi) is 6.96. The molecule has 0 aliphatic carbocycles. The standard InChI is InChI=1S/C16H32N2O2/c1-6-17-16(5,15(19)20-7-2)11-12-18-13(3)9-8-10-14(18)4/h13-14,17H,6-12H2,1-5H3. The van der Waals surface area contributed by atoms with Crippen molar-refractivity contribution in [2.75, 3.05) is 19.7 Å². The summed E-state index contributed by atoms with van der Waals surface area (Å²) in [6.07, 6.45) is 4.65. The summed E-state index contributed by atoms with van der Waals surface area (Å²) >= 11 is 0. The molecule has 20 heavy (non-hydrogen) atoms. The topological polar surface area (TPSA) is 41.6 Å². The molecule has 0 spiro atoms. The van der Waals surface area contributed by atoms with Crippen molar-refractivity contribution in [1.82, 2.24) is 10.2 Å². The van der Waals surface area contributed by atoms with Crippen molar-refractivity contribution < 1.29 is 9.53 Å². The quantitative estimate of drug-likeness (QED) is 0.730. The highest BCUT2D eigenvalue weighted by Crippen LogP contribution is 2.24. The molecule has 0 aromatic rings. The molecule has 3 atom stereocenters. The summed E-state index contributed by atoms with van der Waals surface area (Å²) in [6, 6.07) is 1.23. The highest BCUT2D eigenvalue weighted by atomic mass is 16.5. The maximum atomic E-state index is 12.2. The van der Waals surface area contributed by atoms with Crippen LogP contribution in [0.1, 0.15) is 60.3 Å². The van der Waals surface area contributed by atoms with Gasteiger partial charge in [0.25, 0.3) is 0 Å². The molecule has 0 aromatic heterocycles. The average molecular weight is 284 g/mol. The zero-order chi connectivity index (χ0) is 15.2. The van der Waals surface area contributed by atoms with Crippen LogP contribution in [-0.4, -0.2) is 48.2 Å². The summed E-state index contributed by atoms with van der Waals surface area (Å²) in [6.45, 7) is 12.6. The zero-order valence-corrected chi connectivity index (χ0v) is 13.9. The lowest BCUT2D eigenvalue weighted by Gasteiger charge is -2.41. The predicted molar refractivity (Wildman–Crippen MR) is 82.8 cm³/mol. The third kappa shape index (κ3) is 4.45. The van der Waals surface area contributed by atoms with Crippen LogP contribution < -0.4 is 5.32 Å². The number of esters is 1. The van der Waals surface area contributed by atoms with Crippen LogP contribution in [0.3, 0.4) is 0 Å². The van der Waals surface area contributed by atoms with Gasteiger partial charge in [0.15, 0.2) is 0 Å². The van der Waals surface area contributed by atoms with Crippen LogP contribution in [0, 0.1) is 0 Å². The lowest BCUT2D eigenvalue weighted by molar-refractivity contribution is -0.151. The van der Waals surface area contributed by atoms with Crippen molar-refractivity contribution in [3.63, 3.8) is 0 Å². The number of nitrogens with zero attached hydrogens (tertiary/aromatic N) is 1. The molecule has 0 radical (unpaired) electrons. The van der Waals surface area contributed by atoms with Gasteiger partial charge in [-0.3, -0.25) is 9.69 Å². The highest BCUT2D eigenvalue weighted by Gasteiger charge is 2.35. The van der Waals surface area contributed by atoms with E-state index in [0.717, 1.165) is 19.5 Å².